The van der Waals surface area contributed by atoms with Crippen molar-refractivity contribution in [3.8, 4) is 5.88 Å². The topological polar surface area (TPSA) is 62.7 Å². The number of nitrogens with zero attached hydrogens (tertiary/aromatic N) is 2. The Hall–Kier alpha value is -2.60. The molecule has 25 heavy (non-hydrogen) atoms. The number of amides is 1. The fraction of sp³-hybridized carbons (Fsp3) is 0.222. The monoisotopic (exact) mass is 362 g/mol. The van der Waals surface area contributed by atoms with Gasteiger partial charge < -0.3 is 14.7 Å². The molecule has 1 aromatic carbocycles. The van der Waals surface area contributed by atoms with Crippen molar-refractivity contribution < 1.29 is 19.0 Å². The predicted molar refractivity (Wildman–Crippen MR) is 92.2 cm³/mol. The summed E-state index contributed by atoms with van der Waals surface area (Å²) in [5.74, 6) is -0.0409. The maximum absolute atomic E-state index is 13.8. The molecule has 0 unspecified atom stereocenters. The van der Waals surface area contributed by atoms with E-state index < -0.39 is 11.9 Å². The Morgan fingerprint density at radius 2 is 2.20 bits per heavy atom. The van der Waals surface area contributed by atoms with E-state index in [0.717, 1.165) is 11.3 Å². The smallest absolute Gasteiger partial charge is 0.407 e. The summed E-state index contributed by atoms with van der Waals surface area (Å²) in [4.78, 5) is 16.7. The highest BCUT2D eigenvalue weighted by molar-refractivity contribution is 6.30. The molecule has 130 valence electrons. The summed E-state index contributed by atoms with van der Waals surface area (Å²) in [5.41, 5.74) is 2.10. The van der Waals surface area contributed by atoms with Crippen LogP contribution in [0.25, 0.3) is 5.57 Å². The van der Waals surface area contributed by atoms with Crippen LogP contribution in [0.15, 0.2) is 42.5 Å². The van der Waals surface area contributed by atoms with E-state index in [0.29, 0.717) is 36.0 Å². The molecule has 0 atom stereocenters. The van der Waals surface area contributed by atoms with E-state index in [4.69, 9.17) is 21.4 Å². The van der Waals surface area contributed by atoms with Gasteiger partial charge in [0.05, 0.1) is 5.69 Å². The summed E-state index contributed by atoms with van der Waals surface area (Å²) in [6.45, 7) is 0.822. The molecular formula is C18H16ClFN2O3. The van der Waals surface area contributed by atoms with Gasteiger partial charge in [-0.3, -0.25) is 0 Å². The highest BCUT2D eigenvalue weighted by atomic mass is 35.5. The van der Waals surface area contributed by atoms with Crippen molar-refractivity contribution in [2.75, 3.05) is 13.1 Å². The molecule has 3 rings (SSSR count). The van der Waals surface area contributed by atoms with Crippen LogP contribution in [0.2, 0.25) is 5.02 Å². The predicted octanol–water partition coefficient (Wildman–Crippen LogP) is 4.22. The van der Waals surface area contributed by atoms with Crippen molar-refractivity contribution in [3.63, 3.8) is 0 Å². The van der Waals surface area contributed by atoms with E-state index in [1.54, 1.807) is 24.3 Å². The third kappa shape index (κ3) is 4.28. The molecule has 1 aliphatic rings. The molecule has 0 bridgehead atoms. The first-order valence-corrected chi connectivity index (χ1v) is 8.12. The number of hydrogen-bond donors (Lipinski definition) is 1. The number of pyridine rings is 1. The normalized spacial score (nSPS) is 14.2. The van der Waals surface area contributed by atoms with Gasteiger partial charge in [0.2, 0.25) is 5.88 Å². The Kier molecular flexibility index (Phi) is 5.19. The highest BCUT2D eigenvalue weighted by Gasteiger charge is 2.17. The lowest BCUT2D eigenvalue weighted by atomic mass is 10.0. The maximum atomic E-state index is 13.8. The summed E-state index contributed by atoms with van der Waals surface area (Å²) in [6, 6.07) is 9.77. The summed E-state index contributed by atoms with van der Waals surface area (Å²) in [7, 11) is 0. The van der Waals surface area contributed by atoms with Crippen LogP contribution in [0.1, 0.15) is 17.7 Å². The van der Waals surface area contributed by atoms with Crippen molar-refractivity contribution in [3.05, 3.63) is 64.6 Å². The van der Waals surface area contributed by atoms with Crippen LogP contribution < -0.4 is 4.74 Å². The molecule has 1 amide bonds. The highest BCUT2D eigenvalue weighted by Crippen LogP contribution is 2.23. The molecule has 2 heterocycles. The van der Waals surface area contributed by atoms with E-state index in [1.165, 1.54) is 11.0 Å². The molecule has 0 aliphatic carbocycles. The molecule has 0 spiro atoms. The molecule has 2 aromatic rings. The van der Waals surface area contributed by atoms with Gasteiger partial charge in [0.15, 0.2) is 0 Å². The molecule has 1 aromatic heterocycles. The first kappa shape index (κ1) is 17.2. The first-order chi connectivity index (χ1) is 12.0. The number of hydrogen-bond acceptors (Lipinski definition) is 3. The Balaban J connectivity index is 1.68. The van der Waals surface area contributed by atoms with Gasteiger partial charge in [-0.15, -0.1) is 0 Å². The average molecular weight is 363 g/mol. The second kappa shape index (κ2) is 7.53. The summed E-state index contributed by atoms with van der Waals surface area (Å²) >= 11 is 5.73. The fourth-order valence-electron chi connectivity index (χ4n) is 2.54. The second-order valence-corrected chi connectivity index (χ2v) is 6.03. The van der Waals surface area contributed by atoms with Gasteiger partial charge in [-0.2, -0.15) is 0 Å². The van der Waals surface area contributed by atoms with Crippen LogP contribution in [0.3, 0.4) is 0 Å². The number of aromatic nitrogens is 1. The van der Waals surface area contributed by atoms with E-state index in [9.17, 15) is 9.18 Å². The Bertz CT molecular complexity index is 826. The van der Waals surface area contributed by atoms with E-state index in [1.807, 2.05) is 12.1 Å². The van der Waals surface area contributed by atoms with Gasteiger partial charge in [0, 0.05) is 29.7 Å². The number of benzene rings is 1. The quantitative estimate of drug-likeness (QED) is 0.884. The third-order valence-electron chi connectivity index (χ3n) is 3.92. The minimum Gasteiger partial charge on any atom is -0.473 e. The third-order valence-corrected chi connectivity index (χ3v) is 4.16. The zero-order chi connectivity index (χ0) is 17.8. The minimum absolute atomic E-state index is 0.0469. The van der Waals surface area contributed by atoms with Crippen LogP contribution in [-0.2, 0) is 6.61 Å². The number of carbonyl (C=O) groups is 1. The van der Waals surface area contributed by atoms with E-state index in [2.05, 4.69) is 4.98 Å². The van der Waals surface area contributed by atoms with Gasteiger partial charge in [-0.05, 0) is 30.2 Å². The molecule has 0 saturated carbocycles. The summed E-state index contributed by atoms with van der Waals surface area (Å²) in [5, 5.41) is 9.31. The van der Waals surface area contributed by atoms with Gasteiger partial charge in [-0.25, -0.2) is 14.2 Å². The number of halogens is 2. The van der Waals surface area contributed by atoms with Crippen molar-refractivity contribution in [2.24, 2.45) is 0 Å². The Labute approximate surface area is 149 Å². The lowest BCUT2D eigenvalue weighted by Gasteiger charge is -2.23. The average Bonchev–Trinajstić information content (AvgIpc) is 2.61. The molecule has 0 saturated heterocycles. The van der Waals surface area contributed by atoms with Gasteiger partial charge >= 0.3 is 6.09 Å². The van der Waals surface area contributed by atoms with Crippen molar-refractivity contribution in [1.82, 2.24) is 9.88 Å². The van der Waals surface area contributed by atoms with Crippen LogP contribution in [0.4, 0.5) is 9.18 Å². The van der Waals surface area contributed by atoms with E-state index >= 15 is 0 Å². The lowest BCUT2D eigenvalue weighted by molar-refractivity contribution is 0.150. The van der Waals surface area contributed by atoms with Gasteiger partial charge in [-0.1, -0.05) is 29.8 Å². The summed E-state index contributed by atoms with van der Waals surface area (Å²) in [6.07, 6.45) is 1.52. The van der Waals surface area contributed by atoms with Crippen molar-refractivity contribution in [1.29, 1.82) is 0 Å². The fourth-order valence-corrected chi connectivity index (χ4v) is 2.70. The maximum Gasteiger partial charge on any atom is 0.407 e. The SMILES string of the molecule is O=C(O)N1CC=C(c2cccc(OCc3ccc(Cl)cc3F)n2)CC1. The first-order valence-electron chi connectivity index (χ1n) is 7.74. The molecule has 0 radical (unpaired) electrons. The number of carboxylic acid groups (broad SMARTS) is 1. The lowest BCUT2D eigenvalue weighted by Crippen LogP contribution is -2.33. The van der Waals surface area contributed by atoms with Gasteiger partial charge in [0.1, 0.15) is 12.4 Å². The second-order valence-electron chi connectivity index (χ2n) is 5.59. The molecule has 7 heteroatoms. The van der Waals surface area contributed by atoms with Crippen LogP contribution in [-0.4, -0.2) is 34.2 Å². The molecule has 1 N–H and O–H groups in total. The number of rotatable bonds is 4. The zero-order valence-corrected chi connectivity index (χ0v) is 14.0. The van der Waals surface area contributed by atoms with Gasteiger partial charge in [0.25, 0.3) is 0 Å². The Morgan fingerprint density at radius 3 is 2.88 bits per heavy atom. The van der Waals surface area contributed by atoms with Crippen molar-refractivity contribution >= 4 is 23.3 Å². The van der Waals surface area contributed by atoms with Crippen LogP contribution in [0, 0.1) is 5.82 Å². The standard InChI is InChI=1S/C18H16ClFN2O3/c19-14-5-4-13(15(20)10-14)11-25-17-3-1-2-16(21-17)12-6-8-22(9-7-12)18(23)24/h1-6,10H,7-9,11H2,(H,23,24). The Morgan fingerprint density at radius 1 is 1.36 bits per heavy atom. The summed E-state index contributed by atoms with van der Waals surface area (Å²) < 4.78 is 19.4. The minimum atomic E-state index is -0.926. The largest absolute Gasteiger partial charge is 0.473 e. The van der Waals surface area contributed by atoms with Crippen LogP contribution >= 0.6 is 11.6 Å². The molecule has 0 fully saturated rings. The van der Waals surface area contributed by atoms with E-state index in [-0.39, 0.29) is 6.61 Å². The molecule has 1 aliphatic heterocycles. The molecule has 5 nitrogen and oxygen atoms in total. The zero-order valence-electron chi connectivity index (χ0n) is 13.3. The van der Waals surface area contributed by atoms with Crippen molar-refractivity contribution in [2.45, 2.75) is 13.0 Å². The molecular weight excluding hydrogens is 347 g/mol. The van der Waals surface area contributed by atoms with Crippen LogP contribution in [0.5, 0.6) is 5.88 Å². The number of ether oxygens (including phenoxy) is 1.